The van der Waals surface area contributed by atoms with Crippen molar-refractivity contribution in [3.05, 3.63) is 53.3 Å². The number of hydrogen-bond donors (Lipinski definition) is 0. The summed E-state index contributed by atoms with van der Waals surface area (Å²) in [5.41, 5.74) is 2.79. The van der Waals surface area contributed by atoms with E-state index in [0.29, 0.717) is 6.54 Å². The van der Waals surface area contributed by atoms with Crippen molar-refractivity contribution in [2.75, 3.05) is 0 Å². The molecule has 0 aliphatic heterocycles. The first-order valence-corrected chi connectivity index (χ1v) is 5.26. The van der Waals surface area contributed by atoms with Gasteiger partial charge < -0.3 is 0 Å². The van der Waals surface area contributed by atoms with Gasteiger partial charge in [0.25, 0.3) is 0 Å². The third-order valence-corrected chi connectivity index (χ3v) is 2.67. The molecular weight excluding hydrogens is 200 g/mol. The number of carbonyl (C=O) groups is 1. The Morgan fingerprint density at radius 2 is 2.00 bits per heavy atom. The maximum absolute atomic E-state index is 12.0. The molecule has 0 aliphatic carbocycles. The van der Waals surface area contributed by atoms with Crippen LogP contribution >= 0.6 is 0 Å². The summed E-state index contributed by atoms with van der Waals surface area (Å²) in [6.07, 6.45) is 1.71. The van der Waals surface area contributed by atoms with Crippen molar-refractivity contribution >= 4 is 5.78 Å². The van der Waals surface area contributed by atoms with Crippen molar-refractivity contribution in [1.29, 1.82) is 0 Å². The minimum atomic E-state index is 0.102. The minimum Gasteiger partial charge on any atom is -0.292 e. The Morgan fingerprint density at radius 1 is 1.25 bits per heavy atom. The van der Waals surface area contributed by atoms with Crippen molar-refractivity contribution in [3.63, 3.8) is 0 Å². The minimum absolute atomic E-state index is 0.102. The highest BCUT2D eigenvalue weighted by Crippen LogP contribution is 2.09. The quantitative estimate of drug-likeness (QED) is 0.735. The second-order valence-electron chi connectivity index (χ2n) is 3.87. The fourth-order valence-corrected chi connectivity index (χ4v) is 1.67. The molecule has 0 spiro atoms. The Hall–Kier alpha value is -1.90. The molecule has 0 saturated heterocycles. The molecule has 1 heterocycles. The molecule has 0 amide bonds. The predicted octanol–water partition coefficient (Wildman–Crippen LogP) is 2.38. The summed E-state index contributed by atoms with van der Waals surface area (Å²) < 4.78 is 1.72. The molecule has 3 heteroatoms. The van der Waals surface area contributed by atoms with Gasteiger partial charge in [0.15, 0.2) is 5.78 Å². The second-order valence-corrected chi connectivity index (χ2v) is 3.87. The molecule has 0 atom stereocenters. The number of benzene rings is 1. The highest BCUT2D eigenvalue weighted by Gasteiger charge is 2.10. The SMILES string of the molecule is Cc1ccccc1C(=O)Cn1nccc1C. The zero-order valence-electron chi connectivity index (χ0n) is 9.47. The Morgan fingerprint density at radius 3 is 2.62 bits per heavy atom. The van der Waals surface area contributed by atoms with Gasteiger partial charge in [-0.3, -0.25) is 9.48 Å². The van der Waals surface area contributed by atoms with Crippen LogP contribution in [0.1, 0.15) is 21.6 Å². The highest BCUT2D eigenvalue weighted by atomic mass is 16.1. The molecular formula is C13H14N2O. The summed E-state index contributed by atoms with van der Waals surface area (Å²) in [5, 5.41) is 4.11. The number of aryl methyl sites for hydroxylation is 2. The Balaban J connectivity index is 2.22. The van der Waals surface area contributed by atoms with Gasteiger partial charge in [0, 0.05) is 17.5 Å². The van der Waals surface area contributed by atoms with Crippen molar-refractivity contribution in [2.24, 2.45) is 0 Å². The van der Waals surface area contributed by atoms with E-state index in [4.69, 9.17) is 0 Å². The summed E-state index contributed by atoms with van der Waals surface area (Å²) in [7, 11) is 0. The van der Waals surface area contributed by atoms with Crippen molar-refractivity contribution in [1.82, 2.24) is 9.78 Å². The summed E-state index contributed by atoms with van der Waals surface area (Å²) in [6.45, 7) is 4.20. The normalized spacial score (nSPS) is 10.4. The fraction of sp³-hybridized carbons (Fsp3) is 0.231. The van der Waals surface area contributed by atoms with E-state index in [1.54, 1.807) is 10.9 Å². The molecule has 0 N–H and O–H groups in total. The Kier molecular flexibility index (Phi) is 2.86. The van der Waals surface area contributed by atoms with Crippen LogP contribution in [0, 0.1) is 13.8 Å². The standard InChI is InChI=1S/C13H14N2O/c1-10-5-3-4-6-12(10)13(16)9-15-11(2)7-8-14-15/h3-8H,9H2,1-2H3. The van der Waals surface area contributed by atoms with Gasteiger partial charge in [-0.25, -0.2) is 0 Å². The van der Waals surface area contributed by atoms with E-state index in [-0.39, 0.29) is 5.78 Å². The van der Waals surface area contributed by atoms with Crippen LogP contribution in [0.5, 0.6) is 0 Å². The second kappa shape index (κ2) is 4.31. The molecule has 0 radical (unpaired) electrons. The number of nitrogens with zero attached hydrogens (tertiary/aromatic N) is 2. The van der Waals surface area contributed by atoms with Gasteiger partial charge in [0.05, 0.1) is 0 Å². The van der Waals surface area contributed by atoms with E-state index in [2.05, 4.69) is 5.10 Å². The molecule has 16 heavy (non-hydrogen) atoms. The average molecular weight is 214 g/mol. The third kappa shape index (κ3) is 2.03. The van der Waals surface area contributed by atoms with Gasteiger partial charge >= 0.3 is 0 Å². The summed E-state index contributed by atoms with van der Waals surface area (Å²) in [6, 6.07) is 9.52. The maximum Gasteiger partial charge on any atom is 0.184 e. The third-order valence-electron chi connectivity index (χ3n) is 2.67. The Bertz CT molecular complexity index is 514. The van der Waals surface area contributed by atoms with Gasteiger partial charge in [-0.1, -0.05) is 24.3 Å². The fourth-order valence-electron chi connectivity index (χ4n) is 1.67. The van der Waals surface area contributed by atoms with Crippen LogP contribution in [0.4, 0.5) is 0 Å². The van der Waals surface area contributed by atoms with Gasteiger partial charge in [-0.05, 0) is 25.5 Å². The van der Waals surface area contributed by atoms with E-state index in [0.717, 1.165) is 16.8 Å². The van der Waals surface area contributed by atoms with Gasteiger partial charge in [0.2, 0.25) is 0 Å². The topological polar surface area (TPSA) is 34.9 Å². The van der Waals surface area contributed by atoms with Crippen LogP contribution in [0.2, 0.25) is 0 Å². The van der Waals surface area contributed by atoms with Crippen LogP contribution < -0.4 is 0 Å². The van der Waals surface area contributed by atoms with Gasteiger partial charge in [-0.2, -0.15) is 5.10 Å². The number of carbonyl (C=O) groups excluding carboxylic acids is 1. The highest BCUT2D eigenvalue weighted by molar-refractivity contribution is 5.97. The summed E-state index contributed by atoms with van der Waals surface area (Å²) in [5.74, 6) is 0.102. The lowest BCUT2D eigenvalue weighted by Crippen LogP contribution is -2.13. The van der Waals surface area contributed by atoms with Crippen LogP contribution in [0.15, 0.2) is 36.5 Å². The molecule has 3 nitrogen and oxygen atoms in total. The molecule has 0 bridgehead atoms. The van der Waals surface area contributed by atoms with E-state index >= 15 is 0 Å². The van der Waals surface area contributed by atoms with Crippen molar-refractivity contribution in [2.45, 2.75) is 20.4 Å². The van der Waals surface area contributed by atoms with E-state index in [9.17, 15) is 4.79 Å². The monoisotopic (exact) mass is 214 g/mol. The van der Waals surface area contributed by atoms with Crippen LogP contribution in [-0.2, 0) is 6.54 Å². The van der Waals surface area contributed by atoms with Crippen molar-refractivity contribution in [3.8, 4) is 0 Å². The summed E-state index contributed by atoms with van der Waals surface area (Å²) in [4.78, 5) is 12.0. The van der Waals surface area contributed by atoms with E-state index < -0.39 is 0 Å². The lowest BCUT2D eigenvalue weighted by Gasteiger charge is -2.06. The molecule has 82 valence electrons. The summed E-state index contributed by atoms with van der Waals surface area (Å²) >= 11 is 0. The molecule has 0 saturated carbocycles. The predicted molar refractivity (Wildman–Crippen MR) is 62.5 cm³/mol. The number of aromatic nitrogens is 2. The number of hydrogen-bond acceptors (Lipinski definition) is 2. The lowest BCUT2D eigenvalue weighted by atomic mass is 10.1. The Labute approximate surface area is 94.7 Å². The average Bonchev–Trinajstić information content (AvgIpc) is 2.65. The molecule has 1 aromatic carbocycles. The first-order valence-electron chi connectivity index (χ1n) is 5.26. The van der Waals surface area contributed by atoms with E-state index in [1.807, 2.05) is 44.2 Å². The molecule has 0 aliphatic rings. The largest absolute Gasteiger partial charge is 0.292 e. The maximum atomic E-state index is 12.0. The molecule has 2 aromatic rings. The van der Waals surface area contributed by atoms with Crippen LogP contribution in [0.25, 0.3) is 0 Å². The number of rotatable bonds is 3. The number of ketones is 1. The molecule has 2 rings (SSSR count). The van der Waals surface area contributed by atoms with E-state index in [1.165, 1.54) is 0 Å². The zero-order valence-corrected chi connectivity index (χ0v) is 9.47. The lowest BCUT2D eigenvalue weighted by molar-refractivity contribution is 0.0966. The molecule has 0 unspecified atom stereocenters. The number of Topliss-reactive ketones (excluding diaryl/α,β-unsaturated/α-hetero) is 1. The van der Waals surface area contributed by atoms with Gasteiger partial charge in [0.1, 0.15) is 6.54 Å². The van der Waals surface area contributed by atoms with Gasteiger partial charge in [-0.15, -0.1) is 0 Å². The van der Waals surface area contributed by atoms with Crippen molar-refractivity contribution < 1.29 is 4.79 Å². The first-order chi connectivity index (χ1) is 7.68. The van der Waals surface area contributed by atoms with Crippen LogP contribution in [0.3, 0.4) is 0 Å². The van der Waals surface area contributed by atoms with Crippen LogP contribution in [-0.4, -0.2) is 15.6 Å². The smallest absolute Gasteiger partial charge is 0.184 e. The zero-order chi connectivity index (χ0) is 11.5. The first kappa shape index (κ1) is 10.6. The molecule has 0 fully saturated rings. The molecule has 1 aromatic heterocycles.